The van der Waals surface area contributed by atoms with Crippen LogP contribution in [0, 0.1) is 0 Å². The first-order valence-corrected chi connectivity index (χ1v) is 3.05. The van der Waals surface area contributed by atoms with E-state index in [1.165, 1.54) is 14.7 Å². The summed E-state index contributed by atoms with van der Waals surface area (Å²) in [6.45, 7) is 1.79. The lowest BCUT2D eigenvalue weighted by Crippen LogP contribution is -2.39. The zero-order valence-corrected chi connectivity index (χ0v) is 6.13. The van der Waals surface area contributed by atoms with Gasteiger partial charge in [0.1, 0.15) is 0 Å². The molecule has 2 N–H and O–H groups in total. The van der Waals surface area contributed by atoms with Crippen LogP contribution in [0.3, 0.4) is 0 Å². The van der Waals surface area contributed by atoms with E-state index in [-0.39, 0.29) is 0 Å². The van der Waals surface area contributed by atoms with Gasteiger partial charge in [0.15, 0.2) is 0 Å². The van der Waals surface area contributed by atoms with E-state index < -0.39 is 12.0 Å². The lowest BCUT2D eigenvalue weighted by Gasteiger charge is -2.08. The van der Waals surface area contributed by atoms with Gasteiger partial charge in [0.25, 0.3) is 0 Å². The van der Waals surface area contributed by atoms with Crippen LogP contribution < -0.4 is 5.23 Å². The molecule has 0 fully saturated rings. The summed E-state index contributed by atoms with van der Waals surface area (Å²) in [6.07, 6.45) is 0.537. The predicted octanol–water partition coefficient (Wildman–Crippen LogP) is -0.380. The average Bonchev–Trinajstić information content (AvgIpc) is 1.89. The van der Waals surface area contributed by atoms with Gasteiger partial charge in [0.05, 0.1) is 6.04 Å². The second-order valence-electron chi connectivity index (χ2n) is 1.82. The van der Waals surface area contributed by atoms with Crippen molar-refractivity contribution in [3.63, 3.8) is 0 Å². The maximum absolute atomic E-state index is 10.3. The minimum atomic E-state index is -0.865. The minimum Gasteiger partial charge on any atom is -0.480 e. The Balaban J connectivity index is 3.50. The molecule has 0 aromatic carbocycles. The number of carboxylic acids is 1. The molecule has 0 spiro atoms. The summed E-state index contributed by atoms with van der Waals surface area (Å²) in [5.41, 5.74) is 0. The van der Waals surface area contributed by atoms with Crippen molar-refractivity contribution >= 4 is 13.6 Å². The van der Waals surface area contributed by atoms with Gasteiger partial charge in [-0.2, -0.15) is 0 Å². The van der Waals surface area contributed by atoms with Crippen molar-refractivity contribution in [2.45, 2.75) is 19.4 Å². The predicted molar refractivity (Wildman–Crippen MR) is 37.6 cm³/mol. The molecule has 0 unspecified atom stereocenters. The molecule has 0 saturated heterocycles. The molecule has 0 heterocycles. The van der Waals surface area contributed by atoms with Crippen LogP contribution in [0.5, 0.6) is 0 Å². The average molecular weight is 144 g/mol. The maximum Gasteiger partial charge on any atom is 0.396 e. The van der Waals surface area contributed by atoms with Gasteiger partial charge < -0.3 is 15.0 Å². The zero-order chi connectivity index (χ0) is 7.98. The Labute approximate surface area is 60.9 Å². The van der Waals surface area contributed by atoms with E-state index in [1.807, 2.05) is 0 Å². The molecule has 0 aliphatic rings. The first-order chi connectivity index (χ1) is 4.72. The molecule has 0 amide bonds. The van der Waals surface area contributed by atoms with Gasteiger partial charge in [-0.15, -0.1) is 0 Å². The number of hydrogen-bond donors (Lipinski definition) is 2. The minimum absolute atomic E-state index is 0.537. The fourth-order valence-electron chi connectivity index (χ4n) is 0.514. The second-order valence-corrected chi connectivity index (χ2v) is 1.82. The summed E-state index contributed by atoms with van der Waals surface area (Å²) < 4.78 is 4.52. The van der Waals surface area contributed by atoms with E-state index in [0.29, 0.717) is 6.42 Å². The Bertz CT molecular complexity index is 109. The monoisotopic (exact) mass is 144 g/mol. The van der Waals surface area contributed by atoms with Crippen LogP contribution in [-0.4, -0.2) is 31.8 Å². The number of carboxylic acid groups (broad SMARTS) is 1. The van der Waals surface area contributed by atoms with Crippen molar-refractivity contribution < 1.29 is 14.6 Å². The summed E-state index contributed by atoms with van der Waals surface area (Å²) in [4.78, 5) is 10.3. The van der Waals surface area contributed by atoms with Crippen LogP contribution >= 0.6 is 0 Å². The maximum atomic E-state index is 10.3. The fraction of sp³-hybridized carbons (Fsp3) is 0.800. The van der Waals surface area contributed by atoms with Gasteiger partial charge in [-0.25, -0.2) is 0 Å². The standard InChI is InChI=1S/C5H11BNO3/c1-3-4(5(8)9)7-6-10-2/h4,7H,3H2,1-2H3,(H,8,9)/t4-/m1/s1. The Kier molecular flexibility index (Phi) is 4.97. The number of carbonyl (C=O) groups is 1. The van der Waals surface area contributed by atoms with Crippen LogP contribution in [0.25, 0.3) is 0 Å². The van der Waals surface area contributed by atoms with E-state index in [9.17, 15) is 4.79 Å². The number of nitrogens with one attached hydrogen (secondary N) is 1. The molecule has 0 saturated carbocycles. The molecule has 1 radical (unpaired) electrons. The van der Waals surface area contributed by atoms with Crippen molar-refractivity contribution in [1.29, 1.82) is 0 Å². The molecule has 4 nitrogen and oxygen atoms in total. The van der Waals surface area contributed by atoms with Crippen molar-refractivity contribution in [3.8, 4) is 0 Å². The molecule has 0 rings (SSSR count). The smallest absolute Gasteiger partial charge is 0.396 e. The summed E-state index contributed by atoms with van der Waals surface area (Å²) in [6, 6.07) is -0.542. The quantitative estimate of drug-likeness (QED) is 0.516. The Morgan fingerprint density at radius 3 is 2.80 bits per heavy atom. The lowest BCUT2D eigenvalue weighted by molar-refractivity contribution is -0.139. The molecule has 57 valence electrons. The molecule has 1 atom stereocenters. The number of aliphatic carboxylic acids is 1. The van der Waals surface area contributed by atoms with Crippen LogP contribution in [0.15, 0.2) is 0 Å². The highest BCUT2D eigenvalue weighted by atomic mass is 16.4. The van der Waals surface area contributed by atoms with Crippen molar-refractivity contribution in [2.24, 2.45) is 0 Å². The summed E-state index contributed by atoms with van der Waals surface area (Å²) in [7, 11) is 2.73. The molecule has 0 aliphatic carbocycles. The molecule has 0 aliphatic heterocycles. The third-order valence-electron chi connectivity index (χ3n) is 1.09. The van der Waals surface area contributed by atoms with Gasteiger partial charge in [-0.05, 0) is 6.42 Å². The van der Waals surface area contributed by atoms with Gasteiger partial charge in [0, 0.05) is 7.11 Å². The van der Waals surface area contributed by atoms with Gasteiger partial charge in [-0.3, -0.25) is 4.79 Å². The zero-order valence-electron chi connectivity index (χ0n) is 6.13. The van der Waals surface area contributed by atoms with Crippen LogP contribution in [-0.2, 0) is 9.45 Å². The van der Waals surface area contributed by atoms with E-state index in [2.05, 4.69) is 9.88 Å². The SMILES string of the molecule is CC[C@@H](N[B]OC)C(=O)O. The fourth-order valence-corrected chi connectivity index (χ4v) is 0.514. The third kappa shape index (κ3) is 3.47. The molecule has 0 aromatic rings. The first-order valence-electron chi connectivity index (χ1n) is 3.05. The highest BCUT2D eigenvalue weighted by Crippen LogP contribution is 1.88. The van der Waals surface area contributed by atoms with E-state index in [0.717, 1.165) is 0 Å². The van der Waals surface area contributed by atoms with E-state index in [1.54, 1.807) is 6.92 Å². The second kappa shape index (κ2) is 5.26. The summed E-state index contributed by atoms with van der Waals surface area (Å²) >= 11 is 0. The van der Waals surface area contributed by atoms with Gasteiger partial charge >= 0.3 is 13.6 Å². The van der Waals surface area contributed by atoms with Gasteiger partial charge in [0.2, 0.25) is 0 Å². The molecular formula is C5H11BNO3. The topological polar surface area (TPSA) is 58.6 Å². The highest BCUT2D eigenvalue weighted by molar-refractivity contribution is 6.24. The van der Waals surface area contributed by atoms with E-state index >= 15 is 0 Å². The Morgan fingerprint density at radius 2 is 2.50 bits per heavy atom. The van der Waals surface area contributed by atoms with Gasteiger partial charge in [-0.1, -0.05) is 6.92 Å². The normalized spacial score (nSPS) is 12.6. The molecule has 10 heavy (non-hydrogen) atoms. The molecule has 5 heteroatoms. The number of hydrogen-bond acceptors (Lipinski definition) is 3. The molecule has 0 aromatic heterocycles. The summed E-state index contributed by atoms with van der Waals surface area (Å²) in [5, 5.41) is 11.0. The largest absolute Gasteiger partial charge is 0.480 e. The highest BCUT2D eigenvalue weighted by Gasteiger charge is 2.13. The Hall–Kier alpha value is -0.545. The van der Waals surface area contributed by atoms with Crippen LogP contribution in [0.1, 0.15) is 13.3 Å². The number of rotatable bonds is 5. The van der Waals surface area contributed by atoms with Crippen molar-refractivity contribution in [2.75, 3.05) is 7.11 Å². The lowest BCUT2D eigenvalue weighted by atomic mass is 10.1. The Morgan fingerprint density at radius 1 is 1.90 bits per heavy atom. The summed E-state index contributed by atoms with van der Waals surface area (Å²) in [5.74, 6) is -0.865. The first kappa shape index (κ1) is 9.45. The van der Waals surface area contributed by atoms with Crippen LogP contribution in [0.4, 0.5) is 0 Å². The van der Waals surface area contributed by atoms with E-state index in [4.69, 9.17) is 5.11 Å². The molecule has 0 bridgehead atoms. The van der Waals surface area contributed by atoms with Crippen molar-refractivity contribution in [1.82, 2.24) is 5.23 Å². The third-order valence-corrected chi connectivity index (χ3v) is 1.09. The van der Waals surface area contributed by atoms with Crippen molar-refractivity contribution in [3.05, 3.63) is 0 Å². The van der Waals surface area contributed by atoms with Crippen LogP contribution in [0.2, 0.25) is 0 Å². The molecular weight excluding hydrogens is 133 g/mol.